The van der Waals surface area contributed by atoms with Crippen molar-refractivity contribution in [3.05, 3.63) is 0 Å². The number of ether oxygens (including phenoxy) is 1. The molecule has 0 aromatic rings. The largest absolute Gasteiger partial charge is 0.469 e. The number of hydrogen-bond donors (Lipinski definition) is 0. The van der Waals surface area contributed by atoms with Crippen molar-refractivity contribution in [3.63, 3.8) is 0 Å². The van der Waals surface area contributed by atoms with Crippen LogP contribution in [-0.4, -0.2) is 47.7 Å². The second kappa shape index (κ2) is 14.2. The van der Waals surface area contributed by atoms with Crippen LogP contribution in [0.4, 0.5) is 0 Å². The molecule has 1 aliphatic carbocycles. The third-order valence-electron chi connectivity index (χ3n) is 9.44. The Hall–Kier alpha value is -0.506. The molecule has 0 heterocycles. The lowest BCUT2D eigenvalue weighted by Crippen LogP contribution is -2.45. The van der Waals surface area contributed by atoms with Crippen molar-refractivity contribution in [3.8, 4) is 0 Å². The van der Waals surface area contributed by atoms with Gasteiger partial charge in [0.05, 0.1) is 19.3 Å². The zero-order valence-corrected chi connectivity index (χ0v) is 28.4. The monoisotopic (exact) mass is 556 g/mol. The topological polar surface area (TPSA) is 61.8 Å². The maximum atomic E-state index is 11.8. The van der Waals surface area contributed by atoms with Crippen molar-refractivity contribution in [1.82, 2.24) is 0 Å². The summed E-state index contributed by atoms with van der Waals surface area (Å²) < 4.78 is 19.0. The van der Waals surface area contributed by atoms with Gasteiger partial charge in [-0.2, -0.15) is 0 Å². The molecule has 0 aliphatic heterocycles. The first-order chi connectivity index (χ1) is 16.8. The molecule has 218 valence electrons. The Balaban J connectivity index is 3.12. The van der Waals surface area contributed by atoms with Gasteiger partial charge in [0.25, 0.3) is 0 Å². The fourth-order valence-electron chi connectivity index (χ4n) is 5.00. The quantitative estimate of drug-likeness (QED) is 0.115. The predicted molar refractivity (Wildman–Crippen MR) is 160 cm³/mol. The third kappa shape index (κ3) is 10.9. The van der Waals surface area contributed by atoms with E-state index in [1.165, 1.54) is 7.11 Å². The van der Waals surface area contributed by atoms with Crippen molar-refractivity contribution in [2.24, 2.45) is 11.8 Å². The van der Waals surface area contributed by atoms with Crippen molar-refractivity contribution < 1.29 is 23.2 Å². The molecule has 1 aliphatic rings. The van der Waals surface area contributed by atoms with E-state index < -0.39 is 16.6 Å². The normalized spacial score (nSPS) is 23.4. The second-order valence-electron chi connectivity index (χ2n) is 14.5. The number of esters is 1. The fraction of sp³-hybridized carbons (Fsp3) is 0.933. The molecule has 2 unspecified atom stereocenters. The van der Waals surface area contributed by atoms with Crippen LogP contribution in [0.1, 0.15) is 113 Å². The summed E-state index contributed by atoms with van der Waals surface area (Å²) in [5, 5.41) is 0.318. The predicted octanol–water partition coefficient (Wildman–Crippen LogP) is 8.68. The van der Waals surface area contributed by atoms with Crippen LogP contribution < -0.4 is 0 Å². The number of unbranched alkanes of at least 4 members (excludes halogenated alkanes) is 3. The fourth-order valence-corrected chi connectivity index (χ4v) is 7.77. The van der Waals surface area contributed by atoms with E-state index in [2.05, 4.69) is 67.7 Å². The van der Waals surface area contributed by atoms with Crippen LogP contribution in [0, 0.1) is 11.8 Å². The Bertz CT molecular complexity index is 720. The molecule has 4 atom stereocenters. The first-order valence-electron chi connectivity index (χ1n) is 14.7. The minimum atomic E-state index is -1.95. The summed E-state index contributed by atoms with van der Waals surface area (Å²) in [6.45, 7) is 25.0. The zero-order chi connectivity index (χ0) is 28.7. The minimum absolute atomic E-state index is 0.116. The van der Waals surface area contributed by atoms with E-state index in [1.807, 2.05) is 0 Å². The number of methoxy groups -OCH3 is 1. The summed E-state index contributed by atoms with van der Waals surface area (Å²) >= 11 is 0. The lowest BCUT2D eigenvalue weighted by Gasteiger charge is -2.40. The second-order valence-corrected chi connectivity index (χ2v) is 24.0. The molecule has 0 radical (unpaired) electrons. The highest BCUT2D eigenvalue weighted by molar-refractivity contribution is 6.74. The van der Waals surface area contributed by atoms with Crippen LogP contribution >= 0.6 is 0 Å². The molecule has 5 nitrogen and oxygen atoms in total. The van der Waals surface area contributed by atoms with Crippen molar-refractivity contribution in [2.45, 2.75) is 161 Å². The van der Waals surface area contributed by atoms with Gasteiger partial charge < -0.3 is 18.4 Å². The van der Waals surface area contributed by atoms with Gasteiger partial charge in [-0.05, 0) is 87.1 Å². The van der Waals surface area contributed by atoms with E-state index in [9.17, 15) is 9.59 Å². The maximum Gasteiger partial charge on any atom is 0.305 e. The van der Waals surface area contributed by atoms with Gasteiger partial charge in [-0.1, -0.05) is 60.8 Å². The Morgan fingerprint density at radius 3 is 1.54 bits per heavy atom. The maximum absolute atomic E-state index is 11.8. The lowest BCUT2D eigenvalue weighted by atomic mass is 9.85. The zero-order valence-electron chi connectivity index (χ0n) is 26.4. The first kappa shape index (κ1) is 34.5. The van der Waals surface area contributed by atoms with E-state index in [0.29, 0.717) is 24.7 Å². The standard InChI is InChI=1S/C30H60O5Si2/c1-23(31)18-17-20-25-24(19-15-13-14-16-21-28(32)33-8)26(34-36(9,10)29(2,3)4)22-27(25)35-37(11,12)30(5,6)7/h24-27H,13-22H2,1-12H3/t24-,25-,26?,27?/m1/s1. The Kier molecular flexibility index (Phi) is 13.3. The summed E-state index contributed by atoms with van der Waals surface area (Å²) in [5.74, 6) is 1.04. The van der Waals surface area contributed by atoms with Crippen LogP contribution in [0.15, 0.2) is 0 Å². The highest BCUT2D eigenvalue weighted by Crippen LogP contribution is 2.49. The smallest absolute Gasteiger partial charge is 0.305 e. The van der Waals surface area contributed by atoms with Gasteiger partial charge >= 0.3 is 5.97 Å². The van der Waals surface area contributed by atoms with Gasteiger partial charge in [-0.15, -0.1) is 0 Å². The minimum Gasteiger partial charge on any atom is -0.469 e. The molecule has 0 aromatic carbocycles. The number of carbonyl (C=O) groups excluding carboxylic acids is 2. The summed E-state index contributed by atoms with van der Waals surface area (Å²) in [6, 6.07) is 0. The summed E-state index contributed by atoms with van der Waals surface area (Å²) in [5.41, 5.74) is 0. The third-order valence-corrected chi connectivity index (χ3v) is 18.4. The molecule has 0 N–H and O–H groups in total. The van der Waals surface area contributed by atoms with Crippen molar-refractivity contribution >= 4 is 28.4 Å². The van der Waals surface area contributed by atoms with E-state index in [-0.39, 0.29) is 34.0 Å². The molecule has 1 saturated carbocycles. The van der Waals surface area contributed by atoms with Crippen molar-refractivity contribution in [2.75, 3.05) is 7.11 Å². The van der Waals surface area contributed by atoms with Crippen LogP contribution in [0.2, 0.25) is 36.3 Å². The van der Waals surface area contributed by atoms with Gasteiger partial charge in [-0.3, -0.25) is 4.79 Å². The number of carbonyl (C=O) groups is 2. The average molecular weight is 557 g/mol. The van der Waals surface area contributed by atoms with E-state index in [4.69, 9.17) is 13.6 Å². The molecule has 1 rings (SSSR count). The van der Waals surface area contributed by atoms with E-state index in [0.717, 1.165) is 51.4 Å². The van der Waals surface area contributed by atoms with Gasteiger partial charge in [0.15, 0.2) is 16.6 Å². The highest BCUT2D eigenvalue weighted by Gasteiger charge is 2.50. The Morgan fingerprint density at radius 2 is 1.14 bits per heavy atom. The SMILES string of the molecule is COC(=O)CCCCCC[C@H]1C(O[Si](C)(C)C(C)(C)C)CC(O[Si](C)(C)C(C)(C)C)[C@@H]1CCCC(C)=O. The van der Waals surface area contributed by atoms with Crippen LogP contribution in [0.25, 0.3) is 0 Å². The number of ketones is 1. The molecular formula is C30H60O5Si2. The number of hydrogen-bond acceptors (Lipinski definition) is 5. The molecule has 0 saturated heterocycles. The Morgan fingerprint density at radius 1 is 0.703 bits per heavy atom. The van der Waals surface area contributed by atoms with Crippen molar-refractivity contribution in [1.29, 1.82) is 0 Å². The molecule has 1 fully saturated rings. The molecule has 0 bridgehead atoms. The van der Waals surface area contributed by atoms with Crippen LogP contribution in [0.3, 0.4) is 0 Å². The number of Topliss-reactive ketones (excluding diaryl/α,β-unsaturated/α-hetero) is 1. The summed E-state index contributed by atoms with van der Waals surface area (Å²) in [7, 11) is -2.43. The van der Waals surface area contributed by atoms with E-state index >= 15 is 0 Å². The van der Waals surface area contributed by atoms with Gasteiger partial charge in [0.2, 0.25) is 0 Å². The van der Waals surface area contributed by atoms with Crippen LogP contribution in [0.5, 0.6) is 0 Å². The summed E-state index contributed by atoms with van der Waals surface area (Å²) in [4.78, 5) is 23.2. The number of rotatable bonds is 15. The van der Waals surface area contributed by atoms with Gasteiger partial charge in [-0.25, -0.2) is 0 Å². The molecule has 7 heteroatoms. The van der Waals surface area contributed by atoms with Gasteiger partial charge in [0.1, 0.15) is 5.78 Å². The molecule has 0 spiro atoms. The average Bonchev–Trinajstić information content (AvgIpc) is 3.03. The summed E-state index contributed by atoms with van der Waals surface area (Å²) in [6.07, 6.45) is 9.83. The molecular weight excluding hydrogens is 496 g/mol. The first-order valence-corrected chi connectivity index (χ1v) is 20.6. The van der Waals surface area contributed by atoms with Crippen LogP contribution in [-0.2, 0) is 23.2 Å². The Labute approximate surface area is 231 Å². The highest BCUT2D eigenvalue weighted by atomic mass is 28.4. The van der Waals surface area contributed by atoms with E-state index in [1.54, 1.807) is 6.92 Å². The molecule has 0 amide bonds. The molecule has 37 heavy (non-hydrogen) atoms. The molecule has 0 aromatic heterocycles. The lowest BCUT2D eigenvalue weighted by molar-refractivity contribution is -0.140. The van der Waals surface area contributed by atoms with Gasteiger partial charge in [0, 0.05) is 12.8 Å².